The summed E-state index contributed by atoms with van der Waals surface area (Å²) in [4.78, 5) is 16.7. The molecule has 4 rings (SSSR count). The number of carbonyl (C=O) groups excluding carboxylic acids is 1. The van der Waals surface area contributed by atoms with Crippen molar-refractivity contribution < 1.29 is 4.79 Å². The predicted molar refractivity (Wildman–Crippen MR) is 111 cm³/mol. The number of hydrogen-bond acceptors (Lipinski definition) is 5. The molecule has 0 saturated heterocycles. The predicted octanol–water partition coefficient (Wildman–Crippen LogP) is 3.49. The standard InChI is InChI=1S/C20H20N6OS/c1-3-25-19(15-8-6-7-14(2)11-15)22-23-20(25)28-12-18(27)24-26-13-21-16-9-4-5-10-17(16)26/h4-11,13H,3,12H2,1-2H3,(H,24,27). The number of imidazole rings is 1. The molecule has 0 aliphatic heterocycles. The second-order valence-electron chi connectivity index (χ2n) is 6.35. The van der Waals surface area contributed by atoms with Crippen LogP contribution in [0.2, 0.25) is 0 Å². The number of para-hydroxylation sites is 2. The van der Waals surface area contributed by atoms with Gasteiger partial charge in [-0.3, -0.25) is 10.2 Å². The Hall–Kier alpha value is -3.13. The minimum absolute atomic E-state index is 0.129. The highest BCUT2D eigenvalue weighted by Crippen LogP contribution is 2.24. The maximum absolute atomic E-state index is 12.4. The van der Waals surface area contributed by atoms with Gasteiger partial charge in [-0.2, -0.15) is 0 Å². The van der Waals surface area contributed by atoms with Crippen LogP contribution in [0.1, 0.15) is 12.5 Å². The van der Waals surface area contributed by atoms with Crippen molar-refractivity contribution in [2.24, 2.45) is 0 Å². The topological polar surface area (TPSA) is 77.6 Å². The van der Waals surface area contributed by atoms with Gasteiger partial charge in [0.15, 0.2) is 11.0 Å². The Labute approximate surface area is 166 Å². The number of nitrogens with zero attached hydrogens (tertiary/aromatic N) is 5. The van der Waals surface area contributed by atoms with Crippen molar-refractivity contribution >= 4 is 28.7 Å². The largest absolute Gasteiger partial charge is 0.302 e. The third-order valence-corrected chi connectivity index (χ3v) is 5.31. The van der Waals surface area contributed by atoms with Gasteiger partial charge in [-0.05, 0) is 32.0 Å². The van der Waals surface area contributed by atoms with Crippen molar-refractivity contribution in [1.82, 2.24) is 24.4 Å². The summed E-state index contributed by atoms with van der Waals surface area (Å²) in [5, 5.41) is 9.35. The van der Waals surface area contributed by atoms with Crippen molar-refractivity contribution in [3.05, 3.63) is 60.4 Å². The van der Waals surface area contributed by atoms with Crippen LogP contribution < -0.4 is 5.43 Å². The van der Waals surface area contributed by atoms with Crippen molar-refractivity contribution in [2.75, 3.05) is 11.2 Å². The second-order valence-corrected chi connectivity index (χ2v) is 7.29. The summed E-state index contributed by atoms with van der Waals surface area (Å²) in [7, 11) is 0. The molecule has 2 aromatic heterocycles. The number of fused-ring (bicyclic) bond motifs is 1. The SMILES string of the molecule is CCn1c(SCC(=O)Nn2cnc3ccccc32)nnc1-c1cccc(C)c1. The normalized spacial score (nSPS) is 11.1. The first-order chi connectivity index (χ1) is 13.7. The van der Waals surface area contributed by atoms with Crippen LogP contribution in [0.3, 0.4) is 0 Å². The zero-order chi connectivity index (χ0) is 19.5. The molecular formula is C20H20N6OS. The van der Waals surface area contributed by atoms with Crippen LogP contribution in [-0.2, 0) is 11.3 Å². The van der Waals surface area contributed by atoms with E-state index in [1.54, 1.807) is 11.0 Å². The van der Waals surface area contributed by atoms with E-state index in [1.165, 1.54) is 17.3 Å². The molecule has 2 aromatic carbocycles. The highest BCUT2D eigenvalue weighted by Gasteiger charge is 2.15. The van der Waals surface area contributed by atoms with E-state index < -0.39 is 0 Å². The number of hydrogen-bond donors (Lipinski definition) is 1. The second kappa shape index (κ2) is 7.85. The number of aryl methyl sites for hydroxylation is 1. The molecule has 2 heterocycles. The molecular weight excluding hydrogens is 372 g/mol. The van der Waals surface area contributed by atoms with Gasteiger partial charge in [-0.1, -0.05) is 47.7 Å². The zero-order valence-corrected chi connectivity index (χ0v) is 16.5. The summed E-state index contributed by atoms with van der Waals surface area (Å²) in [6.45, 7) is 4.83. The summed E-state index contributed by atoms with van der Waals surface area (Å²) in [5.74, 6) is 0.920. The number of carbonyl (C=O) groups is 1. The summed E-state index contributed by atoms with van der Waals surface area (Å²) >= 11 is 1.37. The first kappa shape index (κ1) is 18.2. The van der Waals surface area contributed by atoms with Gasteiger partial charge in [-0.25, -0.2) is 9.66 Å². The average molecular weight is 392 g/mol. The average Bonchev–Trinajstić information content (AvgIpc) is 3.30. The molecule has 7 nitrogen and oxygen atoms in total. The molecule has 0 atom stereocenters. The van der Waals surface area contributed by atoms with E-state index >= 15 is 0 Å². The van der Waals surface area contributed by atoms with E-state index in [2.05, 4.69) is 39.7 Å². The van der Waals surface area contributed by atoms with Crippen LogP contribution in [0.15, 0.2) is 60.0 Å². The van der Waals surface area contributed by atoms with Crippen molar-refractivity contribution in [2.45, 2.75) is 25.5 Å². The fourth-order valence-corrected chi connectivity index (χ4v) is 3.82. The van der Waals surface area contributed by atoms with E-state index in [0.29, 0.717) is 0 Å². The highest BCUT2D eigenvalue weighted by molar-refractivity contribution is 7.99. The monoisotopic (exact) mass is 392 g/mol. The summed E-state index contributed by atoms with van der Waals surface area (Å²) < 4.78 is 3.67. The fourth-order valence-electron chi connectivity index (χ4n) is 3.02. The summed E-state index contributed by atoms with van der Waals surface area (Å²) in [6.07, 6.45) is 1.61. The third-order valence-electron chi connectivity index (χ3n) is 4.34. The molecule has 0 aliphatic rings. The lowest BCUT2D eigenvalue weighted by Gasteiger charge is -2.09. The Morgan fingerprint density at radius 2 is 2.00 bits per heavy atom. The maximum Gasteiger partial charge on any atom is 0.249 e. The lowest BCUT2D eigenvalue weighted by Crippen LogP contribution is -2.23. The van der Waals surface area contributed by atoms with Gasteiger partial charge in [0.05, 0.1) is 16.8 Å². The first-order valence-corrected chi connectivity index (χ1v) is 9.99. The Kier molecular flexibility index (Phi) is 5.12. The van der Waals surface area contributed by atoms with E-state index in [4.69, 9.17) is 0 Å². The van der Waals surface area contributed by atoms with Crippen molar-refractivity contribution in [1.29, 1.82) is 0 Å². The van der Waals surface area contributed by atoms with E-state index in [9.17, 15) is 4.79 Å². The fraction of sp³-hybridized carbons (Fsp3) is 0.200. The van der Waals surface area contributed by atoms with Crippen molar-refractivity contribution in [3.63, 3.8) is 0 Å². The van der Waals surface area contributed by atoms with E-state index in [0.717, 1.165) is 34.1 Å². The smallest absolute Gasteiger partial charge is 0.249 e. The molecule has 0 unspecified atom stereocenters. The molecule has 142 valence electrons. The molecule has 0 aliphatic carbocycles. The maximum atomic E-state index is 12.4. The minimum atomic E-state index is -0.129. The van der Waals surface area contributed by atoms with E-state index in [-0.39, 0.29) is 11.7 Å². The van der Waals surface area contributed by atoms with Crippen LogP contribution in [-0.4, -0.2) is 36.1 Å². The number of nitrogens with one attached hydrogen (secondary N) is 1. The number of thioether (sulfide) groups is 1. The van der Waals surface area contributed by atoms with Gasteiger partial charge in [0.25, 0.3) is 0 Å². The van der Waals surface area contributed by atoms with Gasteiger partial charge in [0, 0.05) is 12.1 Å². The molecule has 0 radical (unpaired) electrons. The number of aromatic nitrogens is 5. The minimum Gasteiger partial charge on any atom is -0.302 e. The molecule has 1 amide bonds. The van der Waals surface area contributed by atoms with Crippen LogP contribution >= 0.6 is 11.8 Å². The highest BCUT2D eigenvalue weighted by atomic mass is 32.2. The number of amides is 1. The van der Waals surface area contributed by atoms with Crippen molar-refractivity contribution in [3.8, 4) is 11.4 Å². The van der Waals surface area contributed by atoms with Gasteiger partial charge in [0.1, 0.15) is 6.33 Å². The molecule has 28 heavy (non-hydrogen) atoms. The zero-order valence-electron chi connectivity index (χ0n) is 15.7. The third kappa shape index (κ3) is 3.63. The number of rotatable bonds is 6. The summed E-state index contributed by atoms with van der Waals surface area (Å²) in [5.41, 5.74) is 6.75. The Morgan fingerprint density at radius 1 is 1.14 bits per heavy atom. The summed E-state index contributed by atoms with van der Waals surface area (Å²) in [6, 6.07) is 15.8. The molecule has 0 bridgehead atoms. The van der Waals surface area contributed by atoms with Crippen LogP contribution in [0.5, 0.6) is 0 Å². The molecule has 0 fully saturated rings. The molecule has 4 aromatic rings. The number of benzene rings is 2. The van der Waals surface area contributed by atoms with Gasteiger partial charge in [0.2, 0.25) is 5.91 Å². The molecule has 0 saturated carbocycles. The quantitative estimate of drug-likeness (QED) is 0.508. The van der Waals surface area contributed by atoms with Gasteiger partial charge in [-0.15, -0.1) is 10.2 Å². The first-order valence-electron chi connectivity index (χ1n) is 9.00. The molecule has 1 N–H and O–H groups in total. The lowest BCUT2D eigenvalue weighted by atomic mass is 10.1. The Morgan fingerprint density at radius 3 is 2.82 bits per heavy atom. The Balaban J connectivity index is 1.47. The van der Waals surface area contributed by atoms with Crippen LogP contribution in [0.4, 0.5) is 0 Å². The lowest BCUT2D eigenvalue weighted by molar-refractivity contribution is -0.114. The molecule has 8 heteroatoms. The van der Waals surface area contributed by atoms with Crippen LogP contribution in [0, 0.1) is 6.92 Å². The van der Waals surface area contributed by atoms with E-state index in [1.807, 2.05) is 47.9 Å². The Bertz CT molecular complexity index is 1130. The van der Waals surface area contributed by atoms with Gasteiger partial charge >= 0.3 is 0 Å². The molecule has 0 spiro atoms. The van der Waals surface area contributed by atoms with Gasteiger partial charge < -0.3 is 4.57 Å². The van der Waals surface area contributed by atoms with Crippen LogP contribution in [0.25, 0.3) is 22.4 Å².